The molecule has 0 amide bonds. The Hall–Kier alpha value is -4.44. The number of hydrogen-bond donors (Lipinski definition) is 0. The largest absolute Gasteiger partial charge is 0.462 e. The molecule has 0 aliphatic carbocycles. The lowest BCUT2D eigenvalue weighted by molar-refractivity contribution is 0.0450. The Morgan fingerprint density at radius 2 is 0.875 bits per heavy atom. The Kier molecular flexibility index (Phi) is 9.69. The van der Waals surface area contributed by atoms with E-state index in [2.05, 4.69) is 48.6 Å². The van der Waals surface area contributed by atoms with E-state index >= 15 is 0 Å². The third-order valence-corrected chi connectivity index (χ3v) is 6.21. The second-order valence-electron chi connectivity index (χ2n) is 10.8. The van der Waals surface area contributed by atoms with E-state index < -0.39 is 0 Å². The number of ether oxygens (including phenoxy) is 2. The molecule has 204 valence electrons. The summed E-state index contributed by atoms with van der Waals surface area (Å²) < 4.78 is 10.6. The Morgan fingerprint density at radius 1 is 0.525 bits per heavy atom. The minimum absolute atomic E-state index is 0.289. The Labute approximate surface area is 237 Å². The van der Waals surface area contributed by atoms with Crippen LogP contribution < -0.4 is 0 Å². The van der Waals surface area contributed by atoms with Crippen molar-refractivity contribution in [3.8, 4) is 0 Å². The van der Waals surface area contributed by atoms with Crippen LogP contribution in [0, 0.1) is 11.8 Å². The summed E-state index contributed by atoms with van der Waals surface area (Å²) in [5.74, 6) is 0.0429. The average Bonchev–Trinajstić information content (AvgIpc) is 2.96. The van der Waals surface area contributed by atoms with Gasteiger partial charge in [-0.3, -0.25) is 0 Å². The zero-order valence-electron chi connectivity index (χ0n) is 23.6. The maximum Gasteiger partial charge on any atom is 0.338 e. The minimum Gasteiger partial charge on any atom is -0.462 e. The lowest BCUT2D eigenvalue weighted by Gasteiger charge is -2.07. The predicted octanol–water partition coefficient (Wildman–Crippen LogP) is 8.81. The van der Waals surface area contributed by atoms with Crippen LogP contribution in [-0.4, -0.2) is 25.2 Å². The third-order valence-electron chi connectivity index (χ3n) is 6.21. The van der Waals surface area contributed by atoms with Gasteiger partial charge in [-0.2, -0.15) is 0 Å². The number of rotatable bonds is 10. The molecule has 0 aromatic heterocycles. The first-order chi connectivity index (χ1) is 19.3. The van der Waals surface area contributed by atoms with Crippen molar-refractivity contribution in [3.05, 3.63) is 118 Å². The molecule has 4 nitrogen and oxygen atoms in total. The van der Waals surface area contributed by atoms with Crippen LogP contribution in [0.1, 0.15) is 70.7 Å². The smallest absolute Gasteiger partial charge is 0.338 e. The summed E-state index contributed by atoms with van der Waals surface area (Å²) in [4.78, 5) is 24.3. The van der Waals surface area contributed by atoms with Crippen LogP contribution in [-0.2, 0) is 9.47 Å². The summed E-state index contributed by atoms with van der Waals surface area (Å²) >= 11 is 0. The number of fused-ring (bicyclic) bond motifs is 1. The first-order valence-electron chi connectivity index (χ1n) is 13.7. The van der Waals surface area contributed by atoms with E-state index in [4.69, 9.17) is 9.47 Å². The van der Waals surface area contributed by atoms with Gasteiger partial charge in [0.25, 0.3) is 0 Å². The van der Waals surface area contributed by atoms with Gasteiger partial charge in [-0.1, -0.05) is 101 Å². The standard InChI is InChI=1S/C36H36O4/c1-25(2)23-39-35(37)32-17-9-27(10-18-32)5-7-29-13-15-31-16-14-30(22-34(31)21-29)8-6-28-11-19-33(20-12-28)36(38)40-24-26(3)4/h5-22,25-26H,23-24H2,1-4H3/b7-5-,8-6+. The molecule has 0 fully saturated rings. The van der Waals surface area contributed by atoms with Crippen LogP contribution >= 0.6 is 0 Å². The van der Waals surface area contributed by atoms with E-state index in [1.54, 1.807) is 24.3 Å². The fourth-order valence-electron chi connectivity index (χ4n) is 3.99. The van der Waals surface area contributed by atoms with Crippen LogP contribution in [0.15, 0.2) is 84.9 Å². The highest BCUT2D eigenvalue weighted by Crippen LogP contribution is 2.21. The van der Waals surface area contributed by atoms with E-state index in [0.717, 1.165) is 27.6 Å². The molecular formula is C36H36O4. The second-order valence-corrected chi connectivity index (χ2v) is 10.8. The molecule has 0 saturated carbocycles. The third kappa shape index (κ3) is 8.28. The number of benzene rings is 4. The summed E-state index contributed by atoms with van der Waals surface area (Å²) in [6.45, 7) is 8.90. The van der Waals surface area contributed by atoms with Crippen LogP contribution in [0.2, 0.25) is 0 Å². The molecule has 0 aliphatic heterocycles. The first kappa shape index (κ1) is 28.6. The summed E-state index contributed by atoms with van der Waals surface area (Å²) in [7, 11) is 0. The molecule has 0 heterocycles. The monoisotopic (exact) mass is 532 g/mol. The maximum absolute atomic E-state index is 12.1. The zero-order chi connectivity index (χ0) is 28.5. The molecule has 0 N–H and O–H groups in total. The summed E-state index contributed by atoms with van der Waals surface area (Å²) in [6, 6.07) is 27.7. The summed E-state index contributed by atoms with van der Waals surface area (Å²) in [5.41, 5.74) is 5.32. The Balaban J connectivity index is 1.41. The van der Waals surface area contributed by atoms with E-state index in [-0.39, 0.29) is 11.9 Å². The highest BCUT2D eigenvalue weighted by Gasteiger charge is 2.08. The number of esters is 2. The molecule has 4 aromatic rings. The van der Waals surface area contributed by atoms with E-state index in [1.807, 2.05) is 64.1 Å². The number of hydrogen-bond acceptors (Lipinski definition) is 4. The van der Waals surface area contributed by atoms with E-state index in [1.165, 1.54) is 5.39 Å². The van der Waals surface area contributed by atoms with Crippen LogP contribution in [0.25, 0.3) is 35.1 Å². The summed E-state index contributed by atoms with van der Waals surface area (Å²) in [5, 5.41) is 2.32. The molecule has 0 spiro atoms. The van der Waals surface area contributed by atoms with Crippen molar-refractivity contribution < 1.29 is 19.1 Å². The Bertz CT molecular complexity index is 1390. The minimum atomic E-state index is -0.289. The molecule has 0 saturated heterocycles. The van der Waals surface area contributed by atoms with Gasteiger partial charge in [0.2, 0.25) is 0 Å². The van der Waals surface area contributed by atoms with Crippen molar-refractivity contribution in [2.45, 2.75) is 27.7 Å². The maximum atomic E-state index is 12.1. The molecule has 0 radical (unpaired) electrons. The van der Waals surface area contributed by atoms with Crippen molar-refractivity contribution in [1.29, 1.82) is 0 Å². The molecule has 4 aromatic carbocycles. The summed E-state index contributed by atoms with van der Waals surface area (Å²) in [6.07, 6.45) is 8.22. The van der Waals surface area contributed by atoms with Crippen LogP contribution in [0.4, 0.5) is 0 Å². The van der Waals surface area contributed by atoms with Crippen LogP contribution in [0.5, 0.6) is 0 Å². The van der Waals surface area contributed by atoms with Crippen molar-refractivity contribution in [2.75, 3.05) is 13.2 Å². The second kappa shape index (κ2) is 13.6. The average molecular weight is 533 g/mol. The highest BCUT2D eigenvalue weighted by atomic mass is 16.5. The SMILES string of the molecule is CC(C)COC(=O)c1ccc(/C=C\c2ccc3ccc(/C=C/c4ccc(C(=O)OCC(C)C)cc4)cc3c2)cc1. The molecule has 4 heteroatoms. The van der Waals surface area contributed by atoms with Gasteiger partial charge in [0.1, 0.15) is 0 Å². The molecule has 0 unspecified atom stereocenters. The Morgan fingerprint density at radius 3 is 1.25 bits per heavy atom. The van der Waals surface area contributed by atoms with E-state index in [9.17, 15) is 9.59 Å². The number of carbonyl (C=O) groups excluding carboxylic acids is 2. The quantitative estimate of drug-likeness (QED) is 0.151. The molecular weight excluding hydrogens is 496 g/mol. The van der Waals surface area contributed by atoms with Crippen LogP contribution in [0.3, 0.4) is 0 Å². The first-order valence-corrected chi connectivity index (χ1v) is 13.7. The number of carbonyl (C=O) groups is 2. The van der Waals surface area contributed by atoms with Gasteiger partial charge in [-0.25, -0.2) is 9.59 Å². The van der Waals surface area contributed by atoms with Gasteiger partial charge in [0.15, 0.2) is 0 Å². The predicted molar refractivity (Wildman–Crippen MR) is 165 cm³/mol. The molecule has 4 rings (SSSR count). The molecule has 40 heavy (non-hydrogen) atoms. The van der Waals surface area contributed by atoms with Crippen molar-refractivity contribution >= 4 is 47.0 Å². The molecule has 0 bridgehead atoms. The van der Waals surface area contributed by atoms with E-state index in [0.29, 0.717) is 36.2 Å². The zero-order valence-corrected chi connectivity index (χ0v) is 23.6. The molecule has 0 aliphatic rings. The van der Waals surface area contributed by atoms with Gasteiger partial charge in [0.05, 0.1) is 24.3 Å². The van der Waals surface area contributed by atoms with Crippen molar-refractivity contribution in [1.82, 2.24) is 0 Å². The highest BCUT2D eigenvalue weighted by molar-refractivity contribution is 5.91. The van der Waals surface area contributed by atoms with Gasteiger partial charge in [-0.05, 0) is 81.3 Å². The van der Waals surface area contributed by atoms with Gasteiger partial charge < -0.3 is 9.47 Å². The lowest BCUT2D eigenvalue weighted by Crippen LogP contribution is -2.09. The van der Waals surface area contributed by atoms with Crippen molar-refractivity contribution in [3.63, 3.8) is 0 Å². The topological polar surface area (TPSA) is 52.6 Å². The lowest BCUT2D eigenvalue weighted by atomic mass is 10.0. The van der Waals surface area contributed by atoms with Gasteiger partial charge in [-0.15, -0.1) is 0 Å². The normalized spacial score (nSPS) is 11.7. The van der Waals surface area contributed by atoms with Gasteiger partial charge >= 0.3 is 11.9 Å². The van der Waals surface area contributed by atoms with Crippen molar-refractivity contribution in [2.24, 2.45) is 11.8 Å². The van der Waals surface area contributed by atoms with Gasteiger partial charge in [0, 0.05) is 0 Å². The fourth-order valence-corrected chi connectivity index (χ4v) is 3.99. The fraction of sp³-hybridized carbons (Fsp3) is 0.222. The molecule has 0 atom stereocenters.